The second-order valence-electron chi connectivity index (χ2n) is 4.40. The van der Waals surface area contributed by atoms with Crippen LogP contribution in [0.1, 0.15) is 25.7 Å². The predicted octanol–water partition coefficient (Wildman–Crippen LogP) is 2.60. The minimum atomic E-state index is -0.812. The molecule has 2 N–H and O–H groups in total. The predicted molar refractivity (Wildman–Crippen MR) is 70.9 cm³/mol. The zero-order valence-electron chi connectivity index (χ0n) is 9.92. The number of allylic oxidation sites excluding steroid dienone is 3. The Morgan fingerprint density at radius 1 is 1.56 bits per heavy atom. The Balaban J connectivity index is 2.48. The molecule has 0 unspecified atom stereocenters. The van der Waals surface area contributed by atoms with E-state index in [-0.39, 0.29) is 5.92 Å². The van der Waals surface area contributed by atoms with Crippen LogP contribution in [-0.2, 0) is 4.79 Å². The highest BCUT2D eigenvalue weighted by Crippen LogP contribution is 2.35. The third-order valence-electron chi connectivity index (χ3n) is 3.24. The lowest BCUT2D eigenvalue weighted by atomic mass is 9.89. The Morgan fingerprint density at radius 3 is 2.89 bits per heavy atom. The molecule has 1 saturated carbocycles. The van der Waals surface area contributed by atoms with E-state index < -0.39 is 18.0 Å². The first-order chi connectivity index (χ1) is 8.56. The molecular weight excluding hydrogens is 298 g/mol. The van der Waals surface area contributed by atoms with Gasteiger partial charge in [-0.2, -0.15) is 5.26 Å². The molecule has 0 saturated heterocycles. The van der Waals surface area contributed by atoms with Gasteiger partial charge in [-0.1, -0.05) is 18.6 Å². The summed E-state index contributed by atoms with van der Waals surface area (Å²) in [6, 6.07) is 1.92. The average Bonchev–Trinajstić information content (AvgIpc) is 2.83. The van der Waals surface area contributed by atoms with Gasteiger partial charge in [-0.25, -0.2) is 0 Å². The van der Waals surface area contributed by atoms with Crippen molar-refractivity contribution in [3.63, 3.8) is 0 Å². The van der Waals surface area contributed by atoms with Crippen molar-refractivity contribution in [2.24, 2.45) is 11.8 Å². The van der Waals surface area contributed by atoms with Crippen LogP contribution in [0.25, 0.3) is 0 Å². The molecule has 0 aromatic heterocycles. The summed E-state index contributed by atoms with van der Waals surface area (Å²) < 4.78 is 0.414. The molecule has 1 rings (SSSR count). The molecule has 1 aliphatic rings. The highest BCUT2D eigenvalue weighted by molar-refractivity contribution is 9.12. The summed E-state index contributed by atoms with van der Waals surface area (Å²) in [6.45, 7) is 0. The van der Waals surface area contributed by atoms with Crippen molar-refractivity contribution in [1.82, 2.24) is 0 Å². The molecule has 5 heteroatoms. The SMILES string of the molecule is N#C/C(Br)=C\C=C\C[C@H](O)[C@@H]1CCC[C@H]1C(=O)O. The van der Waals surface area contributed by atoms with Crippen LogP contribution in [0.4, 0.5) is 0 Å². The highest BCUT2D eigenvalue weighted by Gasteiger charge is 2.36. The van der Waals surface area contributed by atoms with Crippen molar-refractivity contribution in [2.75, 3.05) is 0 Å². The number of aliphatic hydroxyl groups excluding tert-OH is 1. The van der Waals surface area contributed by atoms with Gasteiger partial charge in [0.05, 0.1) is 16.5 Å². The van der Waals surface area contributed by atoms with Crippen molar-refractivity contribution >= 4 is 21.9 Å². The van der Waals surface area contributed by atoms with E-state index in [1.54, 1.807) is 18.2 Å². The molecule has 1 fully saturated rings. The van der Waals surface area contributed by atoms with Crippen molar-refractivity contribution in [2.45, 2.75) is 31.8 Å². The molecule has 0 spiro atoms. The summed E-state index contributed by atoms with van der Waals surface area (Å²) in [5.74, 6) is -1.39. The molecule has 0 aromatic carbocycles. The molecule has 18 heavy (non-hydrogen) atoms. The van der Waals surface area contributed by atoms with Gasteiger partial charge < -0.3 is 10.2 Å². The number of carboxylic acid groups (broad SMARTS) is 1. The van der Waals surface area contributed by atoms with Crippen LogP contribution >= 0.6 is 15.9 Å². The van der Waals surface area contributed by atoms with Crippen molar-refractivity contribution in [1.29, 1.82) is 5.26 Å². The Morgan fingerprint density at radius 2 is 2.28 bits per heavy atom. The van der Waals surface area contributed by atoms with Crippen LogP contribution in [0, 0.1) is 23.2 Å². The van der Waals surface area contributed by atoms with Gasteiger partial charge in [0.25, 0.3) is 0 Å². The molecule has 0 radical (unpaired) electrons. The van der Waals surface area contributed by atoms with Crippen LogP contribution in [0.2, 0.25) is 0 Å². The maximum atomic E-state index is 11.0. The number of hydrogen-bond donors (Lipinski definition) is 2. The number of nitrogens with zero attached hydrogens (tertiary/aromatic N) is 1. The normalized spacial score (nSPS) is 26.2. The number of nitriles is 1. The molecule has 0 amide bonds. The third-order valence-corrected chi connectivity index (χ3v) is 3.69. The number of halogens is 1. The van der Waals surface area contributed by atoms with Crippen molar-refractivity contribution < 1.29 is 15.0 Å². The number of carboxylic acids is 1. The van der Waals surface area contributed by atoms with Crippen LogP contribution in [0.15, 0.2) is 22.7 Å². The summed E-state index contributed by atoms with van der Waals surface area (Å²) >= 11 is 3.05. The lowest BCUT2D eigenvalue weighted by Gasteiger charge is -2.20. The van der Waals surface area contributed by atoms with Gasteiger partial charge in [0.1, 0.15) is 6.07 Å². The first-order valence-electron chi connectivity index (χ1n) is 5.89. The van der Waals surface area contributed by atoms with Gasteiger partial charge in [-0.05, 0) is 47.2 Å². The van der Waals surface area contributed by atoms with E-state index in [0.29, 0.717) is 17.3 Å². The number of aliphatic hydroxyl groups is 1. The number of aliphatic carboxylic acids is 1. The van der Waals surface area contributed by atoms with E-state index in [1.807, 2.05) is 6.07 Å². The zero-order valence-corrected chi connectivity index (χ0v) is 11.5. The van der Waals surface area contributed by atoms with Gasteiger partial charge in [-0.15, -0.1) is 0 Å². The molecule has 0 aromatic rings. The number of carbonyl (C=O) groups is 1. The van der Waals surface area contributed by atoms with Gasteiger partial charge in [0, 0.05) is 0 Å². The molecule has 98 valence electrons. The molecule has 0 heterocycles. The second-order valence-corrected chi connectivity index (χ2v) is 5.25. The maximum absolute atomic E-state index is 11.0. The molecular formula is C13H16BrNO3. The number of rotatable bonds is 5. The molecule has 1 aliphatic carbocycles. The van der Waals surface area contributed by atoms with Crippen LogP contribution < -0.4 is 0 Å². The summed E-state index contributed by atoms with van der Waals surface area (Å²) in [6.07, 6.45) is 7.10. The van der Waals surface area contributed by atoms with Gasteiger partial charge >= 0.3 is 5.97 Å². The lowest BCUT2D eigenvalue weighted by molar-refractivity contribution is -0.144. The molecule has 3 atom stereocenters. The minimum Gasteiger partial charge on any atom is -0.481 e. The fourth-order valence-electron chi connectivity index (χ4n) is 2.34. The average molecular weight is 314 g/mol. The fraction of sp³-hybridized carbons (Fsp3) is 0.538. The Bertz CT molecular complexity index is 398. The van der Waals surface area contributed by atoms with E-state index >= 15 is 0 Å². The maximum Gasteiger partial charge on any atom is 0.306 e. The fourth-order valence-corrected chi connectivity index (χ4v) is 2.49. The first kappa shape index (κ1) is 14.9. The quantitative estimate of drug-likeness (QED) is 0.604. The van der Waals surface area contributed by atoms with E-state index in [0.717, 1.165) is 12.8 Å². The minimum absolute atomic E-state index is 0.157. The molecule has 0 bridgehead atoms. The Hall–Kier alpha value is -1.12. The standard InChI is InChI=1S/C13H16BrNO3/c14-9(8-15)4-1-2-7-12(16)10-5-3-6-11(10)13(17)18/h1-2,4,10-12,16H,3,5-7H2,(H,17,18)/b2-1+,9-4+/t10-,11-,12+/m1/s1. The van der Waals surface area contributed by atoms with E-state index in [9.17, 15) is 9.90 Å². The number of hydrogen-bond acceptors (Lipinski definition) is 3. The Kier molecular flexibility index (Phi) is 6.10. The van der Waals surface area contributed by atoms with Gasteiger partial charge in [0.2, 0.25) is 0 Å². The van der Waals surface area contributed by atoms with Gasteiger partial charge in [0.15, 0.2) is 0 Å². The van der Waals surface area contributed by atoms with Gasteiger partial charge in [-0.3, -0.25) is 4.79 Å². The topological polar surface area (TPSA) is 81.3 Å². The summed E-state index contributed by atoms with van der Waals surface area (Å²) in [5, 5.41) is 27.5. The van der Waals surface area contributed by atoms with E-state index in [4.69, 9.17) is 10.4 Å². The first-order valence-corrected chi connectivity index (χ1v) is 6.69. The largest absolute Gasteiger partial charge is 0.481 e. The third kappa shape index (κ3) is 4.28. The monoisotopic (exact) mass is 313 g/mol. The Labute approximate surface area is 115 Å². The van der Waals surface area contributed by atoms with Crippen molar-refractivity contribution in [3.8, 4) is 6.07 Å². The van der Waals surface area contributed by atoms with E-state index in [1.165, 1.54) is 0 Å². The second kappa shape index (κ2) is 7.34. The summed E-state index contributed by atoms with van der Waals surface area (Å²) in [5.41, 5.74) is 0. The summed E-state index contributed by atoms with van der Waals surface area (Å²) in [4.78, 5) is 11.0. The molecule has 0 aliphatic heterocycles. The lowest BCUT2D eigenvalue weighted by Crippen LogP contribution is -2.28. The van der Waals surface area contributed by atoms with Crippen molar-refractivity contribution in [3.05, 3.63) is 22.7 Å². The summed E-state index contributed by atoms with van der Waals surface area (Å²) in [7, 11) is 0. The molecule has 4 nitrogen and oxygen atoms in total. The van der Waals surface area contributed by atoms with Crippen LogP contribution in [0.5, 0.6) is 0 Å². The highest BCUT2D eigenvalue weighted by atomic mass is 79.9. The zero-order chi connectivity index (χ0) is 13.5. The smallest absolute Gasteiger partial charge is 0.306 e. The van der Waals surface area contributed by atoms with Crippen LogP contribution in [-0.4, -0.2) is 22.3 Å². The van der Waals surface area contributed by atoms with E-state index in [2.05, 4.69) is 15.9 Å². The van der Waals surface area contributed by atoms with Crippen LogP contribution in [0.3, 0.4) is 0 Å².